The highest BCUT2D eigenvalue weighted by Crippen LogP contribution is 2.23. The van der Waals surface area contributed by atoms with Gasteiger partial charge in [-0.2, -0.15) is 0 Å². The number of aliphatic hydroxyl groups is 2. The molecule has 0 bridgehead atoms. The summed E-state index contributed by atoms with van der Waals surface area (Å²) in [6.45, 7) is 7.50. The van der Waals surface area contributed by atoms with Gasteiger partial charge in [-0.1, -0.05) is 30.9 Å². The van der Waals surface area contributed by atoms with Crippen LogP contribution in [0.3, 0.4) is 0 Å². The van der Waals surface area contributed by atoms with E-state index in [-0.39, 0.29) is 19.1 Å². The summed E-state index contributed by atoms with van der Waals surface area (Å²) in [4.78, 5) is 0. The van der Waals surface area contributed by atoms with Crippen molar-refractivity contribution < 1.29 is 10.2 Å². The maximum absolute atomic E-state index is 9.10. The van der Waals surface area contributed by atoms with Gasteiger partial charge in [-0.15, -0.1) is 0 Å². The van der Waals surface area contributed by atoms with Gasteiger partial charge in [0.15, 0.2) is 0 Å². The summed E-state index contributed by atoms with van der Waals surface area (Å²) in [7, 11) is 0. The van der Waals surface area contributed by atoms with Crippen LogP contribution < -0.4 is 0 Å². The highest BCUT2D eigenvalue weighted by atomic mass is 16.3. The summed E-state index contributed by atoms with van der Waals surface area (Å²) >= 11 is 0. The average molecular weight is 191 g/mol. The predicted octanol–water partition coefficient (Wildman–Crippen LogP) is 1.73. The average Bonchev–Trinajstić information content (AvgIpc) is 2.26. The Morgan fingerprint density at radius 3 is 2.57 bits per heavy atom. The van der Waals surface area contributed by atoms with E-state index >= 15 is 0 Å². The van der Waals surface area contributed by atoms with Crippen LogP contribution >= 0.6 is 0 Å². The smallest absolute Gasteiger partial charge is 0.0687 e. The molecule has 0 saturated carbocycles. The third kappa shape index (κ3) is 2.03. The fourth-order valence-electron chi connectivity index (χ4n) is 1.47. The fraction of sp³-hybridized carbons (Fsp3) is 0.250. The van der Waals surface area contributed by atoms with Gasteiger partial charge in [0.05, 0.1) is 6.61 Å². The molecule has 0 fully saturated rings. The van der Waals surface area contributed by atoms with Crippen LogP contribution in [-0.4, -0.2) is 16.8 Å². The van der Waals surface area contributed by atoms with Crippen LogP contribution in [0.5, 0.6) is 0 Å². The van der Waals surface area contributed by atoms with E-state index in [2.05, 4.69) is 13.5 Å². The van der Waals surface area contributed by atoms with Crippen LogP contribution in [0.15, 0.2) is 24.8 Å². The zero-order valence-corrected chi connectivity index (χ0v) is 8.11. The lowest BCUT2D eigenvalue weighted by atomic mass is 9.93. The summed E-state index contributed by atoms with van der Waals surface area (Å²) in [6, 6.07) is 5.58. The van der Waals surface area contributed by atoms with E-state index < -0.39 is 0 Å². The van der Waals surface area contributed by atoms with E-state index in [1.54, 1.807) is 6.08 Å². The molecule has 14 heavy (non-hydrogen) atoms. The zero-order valence-electron chi connectivity index (χ0n) is 8.11. The Kier molecular flexibility index (Phi) is 3.86. The first-order valence-electron chi connectivity index (χ1n) is 4.53. The van der Waals surface area contributed by atoms with Gasteiger partial charge in [-0.25, -0.2) is 0 Å². The molecule has 1 aromatic carbocycles. The van der Waals surface area contributed by atoms with Gasteiger partial charge in [0.25, 0.3) is 0 Å². The van der Waals surface area contributed by atoms with E-state index in [0.717, 1.165) is 16.7 Å². The molecule has 2 N–H and O–H groups in total. The van der Waals surface area contributed by atoms with Crippen LogP contribution in [-0.2, 0) is 6.61 Å². The van der Waals surface area contributed by atoms with Crippen molar-refractivity contribution in [1.82, 2.24) is 0 Å². The molecule has 0 aliphatic heterocycles. The molecule has 0 spiro atoms. The molecular weight excluding hydrogens is 176 g/mol. The zero-order chi connectivity index (χ0) is 10.6. The van der Waals surface area contributed by atoms with E-state index in [1.165, 1.54) is 0 Å². The second-order valence-corrected chi connectivity index (χ2v) is 3.16. The maximum Gasteiger partial charge on any atom is 0.0687 e. The van der Waals surface area contributed by atoms with E-state index in [4.69, 9.17) is 10.2 Å². The van der Waals surface area contributed by atoms with Gasteiger partial charge < -0.3 is 10.2 Å². The van der Waals surface area contributed by atoms with Crippen molar-refractivity contribution in [3.05, 3.63) is 48.4 Å². The molecule has 0 saturated heterocycles. The van der Waals surface area contributed by atoms with Gasteiger partial charge in [0.2, 0.25) is 0 Å². The molecule has 1 atom stereocenters. The van der Waals surface area contributed by atoms with Crippen molar-refractivity contribution in [2.45, 2.75) is 12.5 Å². The van der Waals surface area contributed by atoms with Crippen molar-refractivity contribution >= 4 is 6.08 Å². The van der Waals surface area contributed by atoms with Crippen molar-refractivity contribution in [3.63, 3.8) is 0 Å². The first kappa shape index (κ1) is 11.0. The molecule has 1 unspecified atom stereocenters. The summed E-state index contributed by atoms with van der Waals surface area (Å²) in [6.07, 6.45) is 1.69. The normalized spacial score (nSPS) is 12.5. The van der Waals surface area contributed by atoms with Gasteiger partial charge in [-0.05, 0) is 23.6 Å². The molecule has 0 heterocycles. The number of rotatable bonds is 4. The summed E-state index contributed by atoms with van der Waals surface area (Å²) in [5.41, 5.74) is 2.62. The minimum absolute atomic E-state index is 0.00424. The molecule has 0 amide bonds. The number of hydrogen-bond donors (Lipinski definition) is 2. The minimum Gasteiger partial charge on any atom is -0.396 e. The molecule has 2 heteroatoms. The standard InChI is InChI=1S/C12H15O2/c1-3-11-10(8-14)5-4-6-12(11)9(2)7-13/h3-6,9,13-14H,1-2,7-8H2. The Morgan fingerprint density at radius 1 is 1.36 bits per heavy atom. The lowest BCUT2D eigenvalue weighted by Gasteiger charge is -2.14. The Morgan fingerprint density at radius 2 is 2.07 bits per heavy atom. The van der Waals surface area contributed by atoms with E-state index in [0.29, 0.717) is 0 Å². The van der Waals surface area contributed by atoms with Crippen LogP contribution in [0, 0.1) is 6.92 Å². The monoisotopic (exact) mass is 191 g/mol. The van der Waals surface area contributed by atoms with Gasteiger partial charge >= 0.3 is 0 Å². The first-order chi connectivity index (χ1) is 6.74. The molecule has 1 rings (SSSR count). The van der Waals surface area contributed by atoms with Crippen molar-refractivity contribution in [1.29, 1.82) is 0 Å². The molecule has 1 aromatic rings. The third-order valence-corrected chi connectivity index (χ3v) is 2.26. The Bertz CT molecular complexity index is 318. The lowest BCUT2D eigenvalue weighted by Crippen LogP contribution is -2.03. The van der Waals surface area contributed by atoms with E-state index in [9.17, 15) is 0 Å². The van der Waals surface area contributed by atoms with E-state index in [1.807, 2.05) is 18.2 Å². The quantitative estimate of drug-likeness (QED) is 0.761. The Balaban J connectivity index is 3.21. The minimum atomic E-state index is -0.172. The largest absolute Gasteiger partial charge is 0.396 e. The molecule has 75 valence electrons. The number of benzene rings is 1. The third-order valence-electron chi connectivity index (χ3n) is 2.26. The first-order valence-corrected chi connectivity index (χ1v) is 4.53. The molecule has 1 radical (unpaired) electrons. The summed E-state index contributed by atoms with van der Waals surface area (Å²) in [5.74, 6) is -0.172. The van der Waals surface area contributed by atoms with Gasteiger partial charge in [-0.3, -0.25) is 0 Å². The predicted molar refractivity (Wildman–Crippen MR) is 57.6 cm³/mol. The molecular formula is C12H15O2. The van der Waals surface area contributed by atoms with Gasteiger partial charge in [0, 0.05) is 12.5 Å². The molecule has 0 aromatic heterocycles. The Hall–Kier alpha value is -1.12. The molecule has 0 aliphatic rings. The second kappa shape index (κ2) is 4.94. The fourth-order valence-corrected chi connectivity index (χ4v) is 1.47. The number of aliphatic hydroxyl groups excluding tert-OH is 2. The van der Waals surface area contributed by atoms with Crippen LogP contribution in [0.2, 0.25) is 0 Å². The van der Waals surface area contributed by atoms with Crippen LogP contribution in [0.1, 0.15) is 22.6 Å². The van der Waals surface area contributed by atoms with Gasteiger partial charge in [0.1, 0.15) is 0 Å². The molecule has 2 nitrogen and oxygen atoms in total. The highest BCUT2D eigenvalue weighted by molar-refractivity contribution is 5.57. The van der Waals surface area contributed by atoms with Crippen LogP contribution in [0.25, 0.3) is 6.08 Å². The maximum atomic E-state index is 9.10. The van der Waals surface area contributed by atoms with Crippen LogP contribution in [0.4, 0.5) is 0 Å². The van der Waals surface area contributed by atoms with Crippen molar-refractivity contribution in [2.24, 2.45) is 0 Å². The topological polar surface area (TPSA) is 40.5 Å². The van der Waals surface area contributed by atoms with Crippen molar-refractivity contribution in [3.8, 4) is 0 Å². The lowest BCUT2D eigenvalue weighted by molar-refractivity contribution is 0.277. The SMILES string of the molecule is [CH2]C(CO)c1cccc(CO)c1C=C. The highest BCUT2D eigenvalue weighted by Gasteiger charge is 2.10. The van der Waals surface area contributed by atoms with Crippen molar-refractivity contribution in [2.75, 3.05) is 6.61 Å². The summed E-state index contributed by atoms with van der Waals surface area (Å²) in [5, 5.41) is 18.1. The summed E-state index contributed by atoms with van der Waals surface area (Å²) < 4.78 is 0. The Labute approximate surface area is 84.5 Å². The number of hydrogen-bond acceptors (Lipinski definition) is 2. The molecule has 0 aliphatic carbocycles. The second-order valence-electron chi connectivity index (χ2n) is 3.16.